The molecule has 0 unspecified atom stereocenters. The molecule has 0 aliphatic carbocycles. The molecule has 188 valence electrons. The molecular weight excluding hydrogens is 498 g/mol. The summed E-state index contributed by atoms with van der Waals surface area (Å²) in [5.74, 6) is -2.56. The highest BCUT2D eigenvalue weighted by Crippen LogP contribution is 2.36. The average Bonchev–Trinajstić information content (AvgIpc) is 3.51. The van der Waals surface area contributed by atoms with Gasteiger partial charge in [0.25, 0.3) is 17.4 Å². The third-order valence-electron chi connectivity index (χ3n) is 6.79. The lowest BCUT2D eigenvalue weighted by molar-refractivity contribution is -0.0493. The van der Waals surface area contributed by atoms with Crippen molar-refractivity contribution in [1.82, 2.24) is 29.2 Å². The van der Waals surface area contributed by atoms with Crippen LogP contribution in [0.1, 0.15) is 22.5 Å². The van der Waals surface area contributed by atoms with Gasteiger partial charge in [-0.05, 0) is 35.7 Å². The molecule has 0 atom stereocenters. The highest BCUT2D eigenvalue weighted by molar-refractivity contribution is 7.20. The van der Waals surface area contributed by atoms with Crippen molar-refractivity contribution in [2.75, 3.05) is 13.1 Å². The number of hydrogen-bond donors (Lipinski definition) is 0. The number of nitrogens with zero attached hydrogens (tertiary/aromatic N) is 6. The van der Waals surface area contributed by atoms with Gasteiger partial charge in [-0.1, -0.05) is 6.07 Å². The van der Waals surface area contributed by atoms with Crippen LogP contribution in [-0.4, -0.2) is 54.1 Å². The van der Waals surface area contributed by atoms with E-state index in [0.717, 1.165) is 16.6 Å². The molecule has 0 radical (unpaired) electrons. The molecule has 4 aromatic heterocycles. The van der Waals surface area contributed by atoms with Crippen molar-refractivity contribution in [2.45, 2.75) is 18.8 Å². The molecule has 0 bridgehead atoms. The molecule has 11 heteroatoms. The van der Waals surface area contributed by atoms with Gasteiger partial charge in [0.05, 0.1) is 10.6 Å². The molecule has 0 spiro atoms. The molecule has 6 rings (SSSR count). The Bertz CT molecular complexity index is 1750. The fourth-order valence-corrected chi connectivity index (χ4v) is 5.63. The second-order valence-electron chi connectivity index (χ2n) is 9.25. The van der Waals surface area contributed by atoms with Crippen molar-refractivity contribution >= 4 is 38.2 Å². The van der Waals surface area contributed by atoms with Crippen LogP contribution in [0.5, 0.6) is 0 Å². The van der Waals surface area contributed by atoms with Gasteiger partial charge >= 0.3 is 0 Å². The van der Waals surface area contributed by atoms with E-state index in [2.05, 4.69) is 5.10 Å². The first kappa shape index (κ1) is 23.4. The number of piperidine rings is 1. The van der Waals surface area contributed by atoms with E-state index < -0.39 is 5.92 Å². The largest absolute Gasteiger partial charge is 0.338 e. The number of carbonyl (C=O) groups is 1. The number of benzene rings is 1. The van der Waals surface area contributed by atoms with Gasteiger partial charge in [0.1, 0.15) is 10.5 Å². The predicted molar refractivity (Wildman–Crippen MR) is 138 cm³/mol. The molecule has 1 aliphatic rings. The summed E-state index contributed by atoms with van der Waals surface area (Å²) >= 11 is 1.22. The molecular formula is C26H22F2N6O2S. The predicted octanol–water partition coefficient (Wildman–Crippen LogP) is 4.48. The molecule has 1 amide bonds. The summed E-state index contributed by atoms with van der Waals surface area (Å²) in [6, 6.07) is 10.9. The average molecular weight is 521 g/mol. The van der Waals surface area contributed by atoms with Crippen molar-refractivity contribution in [1.29, 1.82) is 0 Å². The number of alkyl halides is 2. The van der Waals surface area contributed by atoms with E-state index in [1.54, 1.807) is 43.3 Å². The minimum Gasteiger partial charge on any atom is -0.338 e. The van der Waals surface area contributed by atoms with Crippen LogP contribution in [0.2, 0.25) is 0 Å². The molecule has 0 N–H and O–H groups in total. The third-order valence-corrected chi connectivity index (χ3v) is 7.80. The van der Waals surface area contributed by atoms with Gasteiger partial charge in [-0.25, -0.2) is 18.7 Å². The van der Waals surface area contributed by atoms with Crippen molar-refractivity contribution in [2.24, 2.45) is 14.1 Å². The number of halogens is 2. The van der Waals surface area contributed by atoms with Gasteiger partial charge in [0, 0.05) is 68.8 Å². The molecule has 0 saturated carbocycles. The molecule has 1 saturated heterocycles. The van der Waals surface area contributed by atoms with Gasteiger partial charge in [-0.15, -0.1) is 11.3 Å². The van der Waals surface area contributed by atoms with Crippen molar-refractivity contribution in [3.05, 3.63) is 64.0 Å². The minimum atomic E-state index is -2.73. The highest BCUT2D eigenvalue weighted by Gasteiger charge is 2.36. The molecule has 1 aromatic carbocycles. The van der Waals surface area contributed by atoms with Crippen molar-refractivity contribution in [3.8, 4) is 22.8 Å². The fourth-order valence-electron chi connectivity index (χ4n) is 4.63. The summed E-state index contributed by atoms with van der Waals surface area (Å²) in [6.07, 6.45) is 2.71. The van der Waals surface area contributed by atoms with Crippen LogP contribution < -0.4 is 5.56 Å². The zero-order valence-electron chi connectivity index (χ0n) is 20.1. The number of rotatable bonds is 3. The molecule has 8 nitrogen and oxygen atoms in total. The van der Waals surface area contributed by atoms with Crippen molar-refractivity contribution < 1.29 is 13.6 Å². The van der Waals surface area contributed by atoms with Crippen LogP contribution in [0.15, 0.2) is 53.6 Å². The maximum atomic E-state index is 13.6. The van der Waals surface area contributed by atoms with Crippen LogP contribution >= 0.6 is 11.3 Å². The Hall–Kier alpha value is -3.99. The fraction of sp³-hybridized carbons (Fsp3) is 0.269. The SMILES string of the molecule is Cn1nccc1-c1nc(-c2ccc3c(=O)n(C)ccc3c2)nc2sc(C(=O)N3CCC(F)(F)CC3)cc12. The Labute approximate surface area is 213 Å². The van der Waals surface area contributed by atoms with Gasteiger partial charge < -0.3 is 9.47 Å². The van der Waals surface area contributed by atoms with Crippen LogP contribution in [-0.2, 0) is 14.1 Å². The Morgan fingerprint density at radius 2 is 1.81 bits per heavy atom. The smallest absolute Gasteiger partial charge is 0.264 e. The van der Waals surface area contributed by atoms with E-state index in [-0.39, 0.29) is 37.4 Å². The zero-order valence-corrected chi connectivity index (χ0v) is 20.9. The lowest BCUT2D eigenvalue weighted by Gasteiger charge is -2.31. The van der Waals surface area contributed by atoms with E-state index in [4.69, 9.17) is 9.97 Å². The molecule has 1 aliphatic heterocycles. The Kier molecular flexibility index (Phi) is 5.41. The Morgan fingerprint density at radius 1 is 1.03 bits per heavy atom. The number of fused-ring (bicyclic) bond motifs is 2. The summed E-state index contributed by atoms with van der Waals surface area (Å²) in [5.41, 5.74) is 2.00. The first-order valence-corrected chi connectivity index (χ1v) is 12.6. The molecule has 5 heterocycles. The van der Waals surface area contributed by atoms with Gasteiger partial charge in [-0.2, -0.15) is 5.10 Å². The number of hydrogen-bond acceptors (Lipinski definition) is 6. The van der Waals surface area contributed by atoms with Crippen molar-refractivity contribution in [3.63, 3.8) is 0 Å². The summed E-state index contributed by atoms with van der Waals surface area (Å²) in [4.78, 5) is 37.8. The van der Waals surface area contributed by atoms with Crippen LogP contribution in [0, 0.1) is 0 Å². The third kappa shape index (κ3) is 4.08. The molecule has 1 fully saturated rings. The lowest BCUT2D eigenvalue weighted by Crippen LogP contribution is -2.42. The standard InChI is InChI=1S/C26H22F2N6O2S/c1-32-10-6-15-13-16(3-4-17(15)24(32)35)22-30-21(19-5-9-29-33(19)2)18-14-20(37-23(18)31-22)25(36)34-11-7-26(27,28)8-12-34/h3-6,9-10,13-14H,7-8,11-12H2,1-2H3. The Morgan fingerprint density at radius 3 is 2.54 bits per heavy atom. The number of amides is 1. The van der Waals surface area contributed by atoms with E-state index >= 15 is 0 Å². The highest BCUT2D eigenvalue weighted by atomic mass is 32.1. The summed E-state index contributed by atoms with van der Waals surface area (Å²) in [5, 5.41) is 6.33. The number of likely N-dealkylation sites (tertiary alicyclic amines) is 1. The molecule has 5 aromatic rings. The van der Waals surface area contributed by atoms with Crippen LogP contribution in [0.4, 0.5) is 8.78 Å². The zero-order chi connectivity index (χ0) is 25.9. The minimum absolute atomic E-state index is 0.0160. The maximum absolute atomic E-state index is 13.6. The second-order valence-corrected chi connectivity index (χ2v) is 10.3. The monoisotopic (exact) mass is 520 g/mol. The van der Waals surface area contributed by atoms with E-state index in [1.165, 1.54) is 20.8 Å². The summed E-state index contributed by atoms with van der Waals surface area (Å²) in [7, 11) is 3.51. The molecule has 37 heavy (non-hydrogen) atoms. The number of thiophene rings is 1. The first-order valence-electron chi connectivity index (χ1n) is 11.8. The van der Waals surface area contributed by atoms with E-state index in [1.807, 2.05) is 24.3 Å². The van der Waals surface area contributed by atoms with Crippen LogP contribution in [0.25, 0.3) is 43.8 Å². The topological polar surface area (TPSA) is 85.9 Å². The van der Waals surface area contributed by atoms with E-state index in [9.17, 15) is 18.4 Å². The number of aryl methyl sites for hydroxylation is 2. The Balaban J connectivity index is 1.48. The number of pyridine rings is 1. The van der Waals surface area contributed by atoms with Gasteiger partial charge in [-0.3, -0.25) is 14.3 Å². The van der Waals surface area contributed by atoms with Gasteiger partial charge in [0.2, 0.25) is 0 Å². The summed E-state index contributed by atoms with van der Waals surface area (Å²) in [6.45, 7) is 0.0320. The van der Waals surface area contributed by atoms with Gasteiger partial charge in [0.15, 0.2) is 5.82 Å². The van der Waals surface area contributed by atoms with E-state index in [0.29, 0.717) is 32.0 Å². The number of aromatic nitrogens is 5. The normalized spacial score (nSPS) is 15.5. The number of carbonyl (C=O) groups excluding carboxylic acids is 1. The second kappa shape index (κ2) is 8.55. The lowest BCUT2D eigenvalue weighted by atomic mass is 10.1. The first-order chi connectivity index (χ1) is 17.7. The van der Waals surface area contributed by atoms with Crippen LogP contribution in [0.3, 0.4) is 0 Å². The quantitative estimate of drug-likeness (QED) is 0.350. The maximum Gasteiger partial charge on any atom is 0.264 e. The summed E-state index contributed by atoms with van der Waals surface area (Å²) < 4.78 is 30.5.